The zero-order valence-electron chi connectivity index (χ0n) is 9.53. The molecule has 1 heterocycles. The lowest BCUT2D eigenvalue weighted by Crippen LogP contribution is -2.34. The summed E-state index contributed by atoms with van der Waals surface area (Å²) in [4.78, 5) is 19.7. The largest absolute Gasteiger partial charge is 0.337 e. The molecule has 0 saturated carbocycles. The maximum absolute atomic E-state index is 11.7. The van der Waals surface area contributed by atoms with Gasteiger partial charge < -0.3 is 5.32 Å². The minimum absolute atomic E-state index is 0.236. The van der Waals surface area contributed by atoms with E-state index in [1.54, 1.807) is 6.20 Å². The standard InChI is InChI=1S/C12H15N3O/c1-4-6-10(5-2)15-12(16)11-8-13-9(3)7-14-11/h2,7-8,10H,4,6H2,1,3H3,(H,15,16). The highest BCUT2D eigenvalue weighted by Crippen LogP contribution is 1.98. The summed E-state index contributed by atoms with van der Waals surface area (Å²) >= 11 is 0. The Kier molecular flexibility index (Phi) is 4.46. The van der Waals surface area contributed by atoms with Crippen LogP contribution in [-0.2, 0) is 0 Å². The van der Waals surface area contributed by atoms with Crippen molar-refractivity contribution in [3.63, 3.8) is 0 Å². The lowest BCUT2D eigenvalue weighted by molar-refractivity contribution is 0.0939. The van der Waals surface area contributed by atoms with Crippen molar-refractivity contribution < 1.29 is 4.79 Å². The molecule has 4 nitrogen and oxygen atoms in total. The van der Waals surface area contributed by atoms with Crippen LogP contribution in [0.2, 0.25) is 0 Å². The van der Waals surface area contributed by atoms with E-state index in [0.717, 1.165) is 18.5 Å². The topological polar surface area (TPSA) is 54.9 Å². The van der Waals surface area contributed by atoms with E-state index in [1.165, 1.54) is 6.20 Å². The molecular weight excluding hydrogens is 202 g/mol. The molecule has 1 atom stereocenters. The fourth-order valence-electron chi connectivity index (χ4n) is 1.23. The SMILES string of the molecule is C#CC(CCC)NC(=O)c1cnc(C)cn1. The molecule has 0 aliphatic rings. The summed E-state index contributed by atoms with van der Waals surface area (Å²) in [6, 6.07) is -0.236. The van der Waals surface area contributed by atoms with Gasteiger partial charge in [-0.15, -0.1) is 6.42 Å². The average Bonchev–Trinajstić information content (AvgIpc) is 2.29. The van der Waals surface area contributed by atoms with Gasteiger partial charge in [0.1, 0.15) is 5.69 Å². The van der Waals surface area contributed by atoms with Crippen molar-refractivity contribution in [2.24, 2.45) is 0 Å². The van der Waals surface area contributed by atoms with Crippen LogP contribution in [0.25, 0.3) is 0 Å². The summed E-state index contributed by atoms with van der Waals surface area (Å²) < 4.78 is 0. The lowest BCUT2D eigenvalue weighted by Gasteiger charge is -2.11. The Hall–Kier alpha value is -1.89. The van der Waals surface area contributed by atoms with E-state index in [2.05, 4.69) is 21.2 Å². The molecule has 0 spiro atoms. The monoisotopic (exact) mass is 217 g/mol. The zero-order chi connectivity index (χ0) is 12.0. The predicted molar refractivity (Wildman–Crippen MR) is 61.8 cm³/mol. The maximum atomic E-state index is 11.7. The molecule has 0 aliphatic carbocycles. The van der Waals surface area contributed by atoms with E-state index in [0.29, 0.717) is 5.69 Å². The van der Waals surface area contributed by atoms with Gasteiger partial charge in [0, 0.05) is 6.20 Å². The molecule has 0 bridgehead atoms. The number of hydrogen-bond donors (Lipinski definition) is 1. The Balaban J connectivity index is 2.65. The van der Waals surface area contributed by atoms with Crippen LogP contribution in [0.15, 0.2) is 12.4 Å². The summed E-state index contributed by atoms with van der Waals surface area (Å²) in [6.07, 6.45) is 10.0. The number of terminal acetylenes is 1. The second-order valence-electron chi connectivity index (χ2n) is 3.52. The van der Waals surface area contributed by atoms with Crippen LogP contribution in [0.5, 0.6) is 0 Å². The van der Waals surface area contributed by atoms with Gasteiger partial charge in [-0.3, -0.25) is 9.78 Å². The fourth-order valence-corrected chi connectivity index (χ4v) is 1.23. The highest BCUT2D eigenvalue weighted by Gasteiger charge is 2.11. The number of aryl methyl sites for hydroxylation is 1. The second-order valence-corrected chi connectivity index (χ2v) is 3.52. The molecule has 1 N–H and O–H groups in total. The summed E-state index contributed by atoms with van der Waals surface area (Å²) in [6.45, 7) is 3.83. The molecule has 1 amide bonds. The van der Waals surface area contributed by atoms with Crippen LogP contribution in [0.4, 0.5) is 0 Å². The van der Waals surface area contributed by atoms with Crippen LogP contribution in [0.3, 0.4) is 0 Å². The smallest absolute Gasteiger partial charge is 0.272 e. The van der Waals surface area contributed by atoms with E-state index in [1.807, 2.05) is 13.8 Å². The number of aromatic nitrogens is 2. The molecule has 1 aromatic rings. The van der Waals surface area contributed by atoms with Crippen LogP contribution < -0.4 is 5.32 Å². The van der Waals surface area contributed by atoms with E-state index >= 15 is 0 Å². The van der Waals surface area contributed by atoms with E-state index < -0.39 is 0 Å². The number of amides is 1. The fraction of sp³-hybridized carbons (Fsp3) is 0.417. The Morgan fingerprint density at radius 2 is 2.31 bits per heavy atom. The normalized spacial score (nSPS) is 11.6. The van der Waals surface area contributed by atoms with E-state index in [4.69, 9.17) is 6.42 Å². The molecule has 0 aliphatic heterocycles. The summed E-state index contributed by atoms with van der Waals surface area (Å²) in [7, 11) is 0. The molecule has 1 rings (SSSR count). The molecule has 1 aromatic heterocycles. The van der Waals surface area contributed by atoms with Crippen molar-refractivity contribution in [3.8, 4) is 12.3 Å². The summed E-state index contributed by atoms with van der Waals surface area (Å²) in [5.41, 5.74) is 1.07. The molecule has 16 heavy (non-hydrogen) atoms. The van der Waals surface area contributed by atoms with Gasteiger partial charge >= 0.3 is 0 Å². The zero-order valence-corrected chi connectivity index (χ0v) is 9.53. The van der Waals surface area contributed by atoms with E-state index in [9.17, 15) is 4.79 Å². The number of rotatable bonds is 4. The van der Waals surface area contributed by atoms with Gasteiger partial charge in [0.2, 0.25) is 0 Å². The van der Waals surface area contributed by atoms with Gasteiger partial charge in [0.15, 0.2) is 0 Å². The van der Waals surface area contributed by atoms with Crippen molar-refractivity contribution in [3.05, 3.63) is 23.8 Å². The van der Waals surface area contributed by atoms with Gasteiger partial charge in [0.25, 0.3) is 5.91 Å². The van der Waals surface area contributed by atoms with Crippen molar-refractivity contribution in [2.45, 2.75) is 32.7 Å². The third-order valence-electron chi connectivity index (χ3n) is 2.10. The molecule has 0 radical (unpaired) electrons. The molecular formula is C12H15N3O. The number of nitrogens with one attached hydrogen (secondary N) is 1. The first-order chi connectivity index (χ1) is 7.67. The number of carbonyl (C=O) groups is 1. The Morgan fingerprint density at radius 1 is 1.56 bits per heavy atom. The molecule has 1 unspecified atom stereocenters. The van der Waals surface area contributed by atoms with Gasteiger partial charge in [-0.2, -0.15) is 0 Å². The van der Waals surface area contributed by atoms with Crippen LogP contribution in [0, 0.1) is 19.3 Å². The van der Waals surface area contributed by atoms with Crippen molar-refractivity contribution >= 4 is 5.91 Å². The summed E-state index contributed by atoms with van der Waals surface area (Å²) in [5.74, 6) is 2.26. The number of carbonyl (C=O) groups excluding carboxylic acids is 1. The molecule has 84 valence electrons. The Labute approximate surface area is 95.5 Å². The van der Waals surface area contributed by atoms with Crippen LogP contribution in [-0.4, -0.2) is 21.9 Å². The first kappa shape index (κ1) is 12.2. The third kappa shape index (κ3) is 3.35. The van der Waals surface area contributed by atoms with Crippen molar-refractivity contribution in [1.29, 1.82) is 0 Å². The Bertz CT molecular complexity index is 392. The first-order valence-electron chi connectivity index (χ1n) is 5.23. The van der Waals surface area contributed by atoms with Crippen molar-refractivity contribution in [1.82, 2.24) is 15.3 Å². The van der Waals surface area contributed by atoms with Gasteiger partial charge in [-0.25, -0.2) is 4.98 Å². The van der Waals surface area contributed by atoms with Crippen LogP contribution in [0.1, 0.15) is 35.9 Å². The molecule has 4 heteroatoms. The summed E-state index contributed by atoms with van der Waals surface area (Å²) in [5, 5.41) is 2.73. The third-order valence-corrected chi connectivity index (χ3v) is 2.10. The molecule has 0 fully saturated rings. The van der Waals surface area contributed by atoms with Gasteiger partial charge in [0.05, 0.1) is 17.9 Å². The predicted octanol–water partition coefficient (Wildman–Crippen LogP) is 1.32. The van der Waals surface area contributed by atoms with Gasteiger partial charge in [-0.05, 0) is 13.3 Å². The van der Waals surface area contributed by atoms with Crippen molar-refractivity contribution in [2.75, 3.05) is 0 Å². The highest BCUT2D eigenvalue weighted by atomic mass is 16.1. The highest BCUT2D eigenvalue weighted by molar-refractivity contribution is 5.92. The second kappa shape index (κ2) is 5.86. The molecule has 0 aromatic carbocycles. The van der Waals surface area contributed by atoms with Crippen LogP contribution >= 0.6 is 0 Å². The minimum atomic E-state index is -0.274. The van der Waals surface area contributed by atoms with Gasteiger partial charge in [-0.1, -0.05) is 19.3 Å². The number of nitrogens with zero attached hydrogens (tertiary/aromatic N) is 2. The average molecular weight is 217 g/mol. The quantitative estimate of drug-likeness (QED) is 0.774. The number of hydrogen-bond acceptors (Lipinski definition) is 3. The first-order valence-corrected chi connectivity index (χ1v) is 5.23. The minimum Gasteiger partial charge on any atom is -0.337 e. The maximum Gasteiger partial charge on any atom is 0.272 e. The Morgan fingerprint density at radius 3 is 2.81 bits per heavy atom. The van der Waals surface area contributed by atoms with E-state index in [-0.39, 0.29) is 11.9 Å². The lowest BCUT2D eigenvalue weighted by atomic mass is 10.2. The molecule has 0 saturated heterocycles.